The van der Waals surface area contributed by atoms with Crippen LogP contribution in [0.2, 0.25) is 0 Å². The van der Waals surface area contributed by atoms with Crippen LogP contribution in [-0.4, -0.2) is 13.0 Å². The van der Waals surface area contributed by atoms with Crippen LogP contribution in [0.5, 0.6) is 0 Å². The summed E-state index contributed by atoms with van der Waals surface area (Å²) in [6.45, 7) is 25.7. The number of fused-ring (bicyclic) bond motifs is 1. The minimum atomic E-state index is -4.18. The summed E-state index contributed by atoms with van der Waals surface area (Å²) in [6.07, 6.45) is 0.899. The highest BCUT2D eigenvalue weighted by molar-refractivity contribution is 7.85. The van der Waals surface area contributed by atoms with Crippen molar-refractivity contribution in [1.82, 2.24) is 0 Å². The highest BCUT2D eigenvalue weighted by Crippen LogP contribution is 2.31. The minimum Gasteiger partial charge on any atom is -0.282 e. The molecular weight excluding hydrogens is 356 g/mol. The lowest BCUT2D eigenvalue weighted by molar-refractivity contribution is 0.482. The summed E-state index contributed by atoms with van der Waals surface area (Å²) < 4.78 is 32.3. The number of rotatable bonds is 2. The van der Waals surface area contributed by atoms with Crippen LogP contribution in [0.4, 0.5) is 0 Å². The van der Waals surface area contributed by atoms with Crippen molar-refractivity contribution in [1.29, 1.82) is 0 Å². The van der Waals surface area contributed by atoms with E-state index in [0.29, 0.717) is 5.56 Å². The molecule has 1 N–H and O–H groups in total. The Morgan fingerprint density at radius 1 is 0.815 bits per heavy atom. The van der Waals surface area contributed by atoms with E-state index in [0.717, 1.165) is 28.3 Å². The fourth-order valence-electron chi connectivity index (χ4n) is 2.56. The monoisotopic (exact) mass is 396 g/mol. The summed E-state index contributed by atoms with van der Waals surface area (Å²) in [4.78, 5) is 0.00820. The molecule has 0 saturated carbocycles. The Balaban J connectivity index is -0.000000638. The van der Waals surface area contributed by atoms with Crippen LogP contribution in [0.25, 0.3) is 10.8 Å². The lowest BCUT2D eigenvalue weighted by atomic mass is 9.94. The van der Waals surface area contributed by atoms with Gasteiger partial charge in [-0.1, -0.05) is 60.6 Å². The second-order valence-corrected chi connectivity index (χ2v) is 6.29. The van der Waals surface area contributed by atoms with Gasteiger partial charge >= 0.3 is 0 Å². The Hall–Kier alpha value is -1.65. The molecule has 0 fully saturated rings. The summed E-state index contributed by atoms with van der Waals surface area (Å²) in [6, 6.07) is 5.69. The molecule has 3 nitrogen and oxygen atoms in total. The van der Waals surface area contributed by atoms with Gasteiger partial charge in [-0.05, 0) is 66.3 Å². The molecule has 0 bridgehead atoms. The Morgan fingerprint density at radius 3 is 1.63 bits per heavy atom. The number of benzene rings is 2. The van der Waals surface area contributed by atoms with Gasteiger partial charge in [-0.3, -0.25) is 4.55 Å². The van der Waals surface area contributed by atoms with E-state index < -0.39 is 10.1 Å². The summed E-state index contributed by atoms with van der Waals surface area (Å²) in [5.74, 6) is 0. The second-order valence-electron chi connectivity index (χ2n) is 4.90. The zero-order chi connectivity index (χ0) is 22.4. The predicted octanol–water partition coefficient (Wildman–Crippen LogP) is 7.45. The average molecular weight is 397 g/mol. The van der Waals surface area contributed by atoms with Gasteiger partial charge in [0.25, 0.3) is 10.1 Å². The van der Waals surface area contributed by atoms with Crippen LogP contribution in [-0.2, 0) is 16.5 Å². The molecule has 2 aromatic carbocycles. The average Bonchev–Trinajstić information content (AvgIpc) is 2.70. The van der Waals surface area contributed by atoms with Crippen LogP contribution >= 0.6 is 0 Å². The maximum Gasteiger partial charge on any atom is 0.294 e. The summed E-state index contributed by atoms with van der Waals surface area (Å²) in [5.41, 5.74) is 3.78. The molecule has 0 aromatic heterocycles. The van der Waals surface area contributed by atoms with Crippen molar-refractivity contribution in [2.45, 2.75) is 80.6 Å². The number of hydrogen-bond donors (Lipinski definition) is 1. The molecule has 0 aliphatic heterocycles. The quantitative estimate of drug-likeness (QED) is 0.423. The molecule has 4 heteroatoms. The van der Waals surface area contributed by atoms with Gasteiger partial charge in [0.1, 0.15) is 0 Å². The van der Waals surface area contributed by atoms with E-state index in [1.54, 1.807) is 13.0 Å². The largest absolute Gasteiger partial charge is 0.294 e. The fraction of sp³-hybridized carbons (Fsp3) is 0.478. The molecule has 0 radical (unpaired) electrons. The van der Waals surface area contributed by atoms with E-state index in [9.17, 15) is 13.0 Å². The van der Waals surface area contributed by atoms with Crippen molar-refractivity contribution >= 4 is 20.9 Å². The third kappa shape index (κ3) is 7.86. The van der Waals surface area contributed by atoms with Gasteiger partial charge in [-0.2, -0.15) is 8.42 Å². The van der Waals surface area contributed by atoms with E-state index in [-0.39, 0.29) is 4.90 Å². The Bertz CT molecular complexity index is 776. The molecule has 0 heterocycles. The highest BCUT2D eigenvalue weighted by Gasteiger charge is 2.18. The molecular formula is C23H40O3S. The van der Waals surface area contributed by atoms with Crippen molar-refractivity contribution in [2.24, 2.45) is 0 Å². The zero-order valence-electron chi connectivity index (χ0n) is 19.0. The van der Waals surface area contributed by atoms with Crippen LogP contribution in [0.15, 0.2) is 36.3 Å². The van der Waals surface area contributed by atoms with Gasteiger partial charge in [0.2, 0.25) is 0 Å². The number of aryl methyl sites for hydroxylation is 3. The molecule has 0 aliphatic carbocycles. The third-order valence-electron chi connectivity index (χ3n) is 3.90. The molecule has 2 rings (SSSR count). The zero-order valence-corrected chi connectivity index (χ0v) is 19.8. The molecule has 0 unspecified atom stereocenters. The molecule has 0 saturated heterocycles. The molecule has 156 valence electrons. The van der Waals surface area contributed by atoms with Crippen LogP contribution in [0, 0.1) is 20.8 Å². The first-order valence-electron chi connectivity index (χ1n) is 9.77. The van der Waals surface area contributed by atoms with Gasteiger partial charge in [-0.25, -0.2) is 0 Å². The summed E-state index contributed by atoms with van der Waals surface area (Å²) in [7, 11) is -4.18. The lowest BCUT2D eigenvalue weighted by Crippen LogP contribution is -2.03. The topological polar surface area (TPSA) is 54.4 Å². The molecule has 0 spiro atoms. The van der Waals surface area contributed by atoms with Gasteiger partial charge in [0.15, 0.2) is 0 Å². The minimum absolute atomic E-state index is 0.00820. The van der Waals surface area contributed by atoms with Crippen molar-refractivity contribution < 1.29 is 13.0 Å². The maximum absolute atomic E-state index is 11.5. The molecule has 0 aliphatic rings. The van der Waals surface area contributed by atoms with Crippen molar-refractivity contribution in [3.8, 4) is 0 Å². The Morgan fingerprint density at radius 2 is 1.26 bits per heavy atom. The first-order valence-corrected chi connectivity index (χ1v) is 11.2. The van der Waals surface area contributed by atoms with Crippen molar-refractivity contribution in [2.75, 3.05) is 0 Å². The smallest absolute Gasteiger partial charge is 0.282 e. The van der Waals surface area contributed by atoms with Crippen molar-refractivity contribution in [3.63, 3.8) is 0 Å². The van der Waals surface area contributed by atoms with E-state index in [1.165, 1.54) is 5.56 Å². The lowest BCUT2D eigenvalue weighted by Gasteiger charge is -2.14. The summed E-state index contributed by atoms with van der Waals surface area (Å²) >= 11 is 0. The Labute approximate surface area is 168 Å². The maximum atomic E-state index is 11.5. The van der Waals surface area contributed by atoms with Gasteiger partial charge < -0.3 is 0 Å². The van der Waals surface area contributed by atoms with E-state index in [1.807, 2.05) is 61.5 Å². The van der Waals surface area contributed by atoms with E-state index in [2.05, 4.69) is 26.1 Å². The SMILES string of the molecule is C=C.CC.CC.CC.CCc1ccc2c(C)c(C)c(S(=O)(=O)O)cc2c1C. The van der Waals surface area contributed by atoms with E-state index in [4.69, 9.17) is 0 Å². The molecule has 0 atom stereocenters. The third-order valence-corrected chi connectivity index (χ3v) is 4.88. The molecule has 2 aromatic rings. The second kappa shape index (κ2) is 15.4. The standard InChI is InChI=1S/C15H18O3S.3C2H6.C2H4/c1-5-12-6-7-13-9(2)10(3)15(19(16,17)18)8-14(13)11(12)4;4*1-2/h6-8H,5H2,1-4H3,(H,16,17,18);3*1-2H3;1-2H2. The first-order chi connectivity index (χ1) is 12.8. The number of hydrogen-bond acceptors (Lipinski definition) is 2. The highest BCUT2D eigenvalue weighted by atomic mass is 32.2. The summed E-state index contributed by atoms with van der Waals surface area (Å²) in [5, 5.41) is 1.94. The van der Waals surface area contributed by atoms with Gasteiger partial charge in [0.05, 0.1) is 4.90 Å². The predicted molar refractivity (Wildman–Crippen MR) is 123 cm³/mol. The Kier molecular flexibility index (Phi) is 17.2. The molecule has 0 amide bonds. The van der Waals surface area contributed by atoms with Crippen LogP contribution in [0.3, 0.4) is 0 Å². The fourth-order valence-corrected chi connectivity index (χ4v) is 3.37. The molecule has 27 heavy (non-hydrogen) atoms. The van der Waals surface area contributed by atoms with Crippen molar-refractivity contribution in [3.05, 3.63) is 53.6 Å². The van der Waals surface area contributed by atoms with Crippen LogP contribution in [0.1, 0.15) is 70.7 Å². The van der Waals surface area contributed by atoms with Crippen LogP contribution < -0.4 is 0 Å². The van der Waals surface area contributed by atoms with E-state index >= 15 is 0 Å². The van der Waals surface area contributed by atoms with Gasteiger partial charge in [-0.15, -0.1) is 13.2 Å². The normalized spacial score (nSPS) is 9.30. The van der Waals surface area contributed by atoms with Gasteiger partial charge in [0, 0.05) is 0 Å². The first kappa shape index (κ1) is 30.1.